The van der Waals surface area contributed by atoms with E-state index in [0.29, 0.717) is 5.92 Å². The van der Waals surface area contributed by atoms with Crippen molar-refractivity contribution in [2.75, 3.05) is 13.8 Å². The Morgan fingerprint density at radius 3 is 2.76 bits per heavy atom. The van der Waals surface area contributed by atoms with Crippen molar-refractivity contribution in [3.05, 3.63) is 0 Å². The summed E-state index contributed by atoms with van der Waals surface area (Å²) in [4.78, 5) is 0. The number of methoxy groups -OCH3 is 1. The van der Waals surface area contributed by atoms with Gasteiger partial charge in [0.15, 0.2) is 0 Å². The molecule has 6 atom stereocenters. The van der Waals surface area contributed by atoms with Crippen LogP contribution in [-0.2, 0) is 18.6 Å². The fourth-order valence-corrected chi connectivity index (χ4v) is 5.28. The van der Waals surface area contributed by atoms with E-state index in [1.165, 1.54) is 0 Å². The number of fused-ring (bicyclic) bond motifs is 3. The van der Waals surface area contributed by atoms with E-state index in [1.807, 2.05) is 7.85 Å². The molecule has 1 saturated heterocycles. The third-order valence-electron chi connectivity index (χ3n) is 4.34. The Bertz CT molecular complexity index is 398. The minimum absolute atomic E-state index is 0.0829. The van der Waals surface area contributed by atoms with Gasteiger partial charge in [0.25, 0.3) is 6.57 Å². The van der Waals surface area contributed by atoms with Gasteiger partial charge in [0.2, 0.25) is 0 Å². The van der Waals surface area contributed by atoms with Crippen LogP contribution in [0.4, 0.5) is 0 Å². The van der Waals surface area contributed by atoms with Crippen LogP contribution in [-0.4, -0.2) is 44.9 Å². The van der Waals surface area contributed by atoms with E-state index in [-0.39, 0.29) is 17.7 Å². The van der Waals surface area contributed by atoms with E-state index in [0.717, 1.165) is 19.3 Å². The molecule has 2 saturated carbocycles. The molecular formula is C10H18BO4PS. The average molecular weight is 276 g/mol. The van der Waals surface area contributed by atoms with Gasteiger partial charge in [-0.1, -0.05) is 12.2 Å². The molecule has 3 rings (SSSR count). The third-order valence-corrected chi connectivity index (χ3v) is 5.29. The van der Waals surface area contributed by atoms with Gasteiger partial charge in [0.1, 0.15) is 25.2 Å². The molecule has 2 aliphatic carbocycles. The van der Waals surface area contributed by atoms with Crippen molar-refractivity contribution in [3.63, 3.8) is 0 Å². The summed E-state index contributed by atoms with van der Waals surface area (Å²) < 4.78 is 29.3. The molecule has 96 valence electrons. The van der Waals surface area contributed by atoms with E-state index in [9.17, 15) is 4.57 Å². The van der Waals surface area contributed by atoms with Gasteiger partial charge in [-0.25, -0.2) is 0 Å². The highest BCUT2D eigenvalue weighted by molar-refractivity contribution is 8.46. The molecule has 0 spiro atoms. The summed E-state index contributed by atoms with van der Waals surface area (Å²) in [6.45, 7) is -1.26. The van der Waals surface area contributed by atoms with Crippen LogP contribution in [0.5, 0.6) is 0 Å². The number of ether oxygens (including phenoxy) is 2. The average Bonchev–Trinajstić information content (AvgIpc) is 2.66. The lowest BCUT2D eigenvalue weighted by Crippen LogP contribution is -2.44. The van der Waals surface area contributed by atoms with Gasteiger partial charge in [-0.15, -0.1) is 0 Å². The summed E-state index contributed by atoms with van der Waals surface area (Å²) in [5, 5.41) is 0. The molecule has 0 radical (unpaired) electrons. The molecule has 1 aliphatic heterocycles. The van der Waals surface area contributed by atoms with Crippen LogP contribution in [0.2, 0.25) is 0 Å². The Morgan fingerprint density at radius 2 is 2.18 bits per heavy atom. The van der Waals surface area contributed by atoms with Crippen molar-refractivity contribution in [2.24, 2.45) is 5.92 Å². The Kier molecular flexibility index (Phi) is 2.62. The first-order chi connectivity index (χ1) is 7.81. The summed E-state index contributed by atoms with van der Waals surface area (Å²) in [5.74, 6) is 0.491. The molecule has 4 unspecified atom stereocenters. The number of thiol groups is 1. The molecule has 0 aromatic heterocycles. The molecule has 0 aromatic carbocycles. The lowest BCUT2D eigenvalue weighted by atomic mass is 9.86. The predicted octanol–water partition coefficient (Wildman–Crippen LogP) is 1.05. The summed E-state index contributed by atoms with van der Waals surface area (Å²) >= 11 is 4.07. The predicted molar refractivity (Wildman–Crippen MR) is 70.6 cm³/mol. The van der Waals surface area contributed by atoms with Crippen LogP contribution < -0.4 is 0 Å². The van der Waals surface area contributed by atoms with Crippen molar-refractivity contribution < 1.29 is 18.6 Å². The van der Waals surface area contributed by atoms with Crippen LogP contribution in [0.3, 0.4) is 0 Å². The number of rotatable bonds is 3. The topological polar surface area (TPSA) is 44.8 Å². The van der Waals surface area contributed by atoms with Crippen molar-refractivity contribution in [1.29, 1.82) is 0 Å². The summed E-state index contributed by atoms with van der Waals surface area (Å²) in [7, 11) is 3.76. The molecule has 3 aliphatic rings. The van der Waals surface area contributed by atoms with Gasteiger partial charge >= 0.3 is 0 Å². The zero-order valence-corrected chi connectivity index (χ0v) is 12.2. The maximum absolute atomic E-state index is 11.9. The first kappa shape index (κ1) is 12.6. The quantitative estimate of drug-likeness (QED) is 0.475. The second-order valence-corrected chi connectivity index (χ2v) is 9.72. The van der Waals surface area contributed by atoms with Gasteiger partial charge in [0, 0.05) is 19.8 Å². The maximum atomic E-state index is 11.9. The van der Waals surface area contributed by atoms with E-state index >= 15 is 0 Å². The van der Waals surface area contributed by atoms with Crippen molar-refractivity contribution >= 4 is 26.7 Å². The lowest BCUT2D eigenvalue weighted by Gasteiger charge is -2.33. The van der Waals surface area contributed by atoms with E-state index in [1.54, 1.807) is 13.8 Å². The Balaban J connectivity index is 1.91. The molecule has 3 fully saturated rings. The monoisotopic (exact) mass is 276 g/mol. The highest BCUT2D eigenvalue weighted by Crippen LogP contribution is 2.70. The lowest BCUT2D eigenvalue weighted by molar-refractivity contribution is -0.0908. The van der Waals surface area contributed by atoms with Crippen molar-refractivity contribution in [2.45, 2.75) is 42.6 Å². The van der Waals surface area contributed by atoms with Crippen molar-refractivity contribution in [3.8, 4) is 0 Å². The van der Waals surface area contributed by atoms with Crippen LogP contribution in [0.15, 0.2) is 0 Å². The van der Waals surface area contributed by atoms with E-state index < -0.39 is 12.2 Å². The van der Waals surface area contributed by atoms with Crippen LogP contribution in [0, 0.1) is 5.92 Å². The third kappa shape index (κ3) is 1.76. The zero-order chi connectivity index (χ0) is 12.5. The molecule has 0 aromatic rings. The molecule has 0 N–H and O–H groups in total. The Hall–Kier alpha value is 0.525. The minimum Gasteiger partial charge on any atom is -0.378 e. The largest absolute Gasteiger partial charge is 0.378 e. The standard InChI is InChI=1S/C10H18BO4PS/c1-13-10-4-6(10)3-9(15-16(2,12)17)5-7(11)14-8(9)10/h6-8H,3-5,11H2,1-2H3,(H,12,17)/t6?,7-,8?,9?,10-,16?/m1/s1. The molecule has 0 amide bonds. The molecule has 4 nitrogen and oxygen atoms in total. The molecule has 1 heterocycles. The maximum Gasteiger partial charge on any atom is 0.252 e. The Labute approximate surface area is 108 Å². The van der Waals surface area contributed by atoms with Crippen molar-refractivity contribution in [1.82, 2.24) is 0 Å². The summed E-state index contributed by atoms with van der Waals surface area (Å²) in [6.07, 6.45) is 2.62. The zero-order valence-electron chi connectivity index (χ0n) is 10.4. The van der Waals surface area contributed by atoms with Gasteiger partial charge in [-0.05, 0) is 25.2 Å². The summed E-state index contributed by atoms with van der Waals surface area (Å²) in [5.41, 5.74) is -0.627. The smallest absolute Gasteiger partial charge is 0.252 e. The molecular weight excluding hydrogens is 258 g/mol. The molecule has 7 heteroatoms. The number of hydrogen-bond donors (Lipinski definition) is 1. The highest BCUT2D eigenvalue weighted by atomic mass is 32.7. The minimum atomic E-state index is -2.81. The first-order valence-corrected chi connectivity index (χ1v) is 9.25. The van der Waals surface area contributed by atoms with Gasteiger partial charge in [-0.2, -0.15) is 0 Å². The SMILES string of the molecule is B[C@H]1CC2(OP(C)(=O)S)CC3C[C@]3(OC)C2O1. The molecule has 0 bridgehead atoms. The number of hydrogen-bond acceptors (Lipinski definition) is 4. The second kappa shape index (κ2) is 3.54. The van der Waals surface area contributed by atoms with E-state index in [2.05, 4.69) is 12.2 Å². The summed E-state index contributed by atoms with van der Waals surface area (Å²) in [6, 6.07) is 0.133. The fourth-order valence-electron chi connectivity index (χ4n) is 3.87. The fraction of sp³-hybridized carbons (Fsp3) is 1.00. The van der Waals surface area contributed by atoms with Gasteiger partial charge in [0.05, 0.1) is 0 Å². The molecule has 17 heavy (non-hydrogen) atoms. The van der Waals surface area contributed by atoms with Gasteiger partial charge in [-0.3, -0.25) is 4.57 Å². The normalized spacial score (nSPS) is 55.1. The Morgan fingerprint density at radius 1 is 1.47 bits per heavy atom. The van der Waals surface area contributed by atoms with Crippen LogP contribution in [0.25, 0.3) is 0 Å². The van der Waals surface area contributed by atoms with E-state index in [4.69, 9.17) is 14.0 Å². The van der Waals surface area contributed by atoms with Gasteiger partial charge < -0.3 is 14.0 Å². The second-order valence-electron chi connectivity index (χ2n) is 5.75. The first-order valence-electron chi connectivity index (χ1n) is 6.03. The van der Waals surface area contributed by atoms with Crippen LogP contribution in [0.1, 0.15) is 19.3 Å². The van der Waals surface area contributed by atoms with Crippen LogP contribution >= 0.6 is 18.8 Å². The highest BCUT2D eigenvalue weighted by Gasteiger charge is 2.76.